The Kier molecular flexibility index (Phi) is 22.3. The summed E-state index contributed by atoms with van der Waals surface area (Å²) in [6, 6.07) is 0.867. The summed E-state index contributed by atoms with van der Waals surface area (Å²) < 4.78 is 21.8. The lowest BCUT2D eigenvalue weighted by Crippen LogP contribution is -2.57. The molecule has 1 heterocycles. The third-order valence-electron chi connectivity index (χ3n) is 10.1. The molecule has 0 spiro atoms. The fourth-order valence-electron chi connectivity index (χ4n) is 6.90. The van der Waals surface area contributed by atoms with E-state index in [0.29, 0.717) is 57.6 Å². The van der Waals surface area contributed by atoms with Gasteiger partial charge < -0.3 is 45.2 Å². The molecule has 0 saturated carbocycles. The number of hydrogen-bond donors (Lipinski definition) is 7. The van der Waals surface area contributed by atoms with Crippen molar-refractivity contribution in [2.24, 2.45) is 28.4 Å². The normalized spacial score (nSPS) is 15.1. The minimum atomic E-state index is -1.59. The van der Waals surface area contributed by atoms with Gasteiger partial charge in [-0.05, 0) is 82.0 Å². The molecule has 1 aromatic heterocycles. The van der Waals surface area contributed by atoms with Crippen LogP contribution in [0.3, 0.4) is 0 Å². The number of carbonyl (C=O) groups is 5. The summed E-state index contributed by atoms with van der Waals surface area (Å²) in [6.07, 6.45) is 3.25. The van der Waals surface area contributed by atoms with Crippen LogP contribution in [0.25, 0.3) is 0 Å². The van der Waals surface area contributed by atoms with E-state index in [4.69, 9.17) is 24.7 Å². The number of urea groups is 1. The van der Waals surface area contributed by atoms with E-state index < -0.39 is 53.1 Å². The molecule has 18 heteroatoms. The molecule has 0 fully saturated rings. The van der Waals surface area contributed by atoms with Crippen molar-refractivity contribution in [3.8, 4) is 0 Å². The van der Waals surface area contributed by atoms with Gasteiger partial charge in [0, 0.05) is 50.4 Å². The van der Waals surface area contributed by atoms with Gasteiger partial charge in [0.25, 0.3) is 11.5 Å². The molecule has 0 aliphatic heterocycles. The standard InChI is InChI=1S/C42H74N8O10/c1-13-33(52)57-20-21-58-37(55)47-27-40(10,11)23-28(4)16-18-44-34(53)42(43,15-3)59-31(7)25-41(12,14-2)60-38(56)45-19-17-39(8,9)24-29(5)26-46-36(54)50-35-48-30(6)22-32(51)49-35/h13,22,28-29,31H,1,14-21,23-27,43H2,2-12H3,(H,44,53)(H,45,56)(H,47,55)(H3,46,48,49,50,51,54). The van der Waals surface area contributed by atoms with Crippen LogP contribution in [-0.2, 0) is 28.5 Å². The highest BCUT2D eigenvalue weighted by atomic mass is 16.6. The van der Waals surface area contributed by atoms with E-state index >= 15 is 0 Å². The molecule has 60 heavy (non-hydrogen) atoms. The second-order valence-electron chi connectivity index (χ2n) is 17.7. The number of anilines is 1. The first-order chi connectivity index (χ1) is 27.8. The number of aromatic amines is 1. The fourth-order valence-corrected chi connectivity index (χ4v) is 6.90. The van der Waals surface area contributed by atoms with Gasteiger partial charge in [0.2, 0.25) is 5.95 Å². The van der Waals surface area contributed by atoms with Crippen molar-refractivity contribution >= 4 is 36.0 Å². The number of aryl methyl sites for hydroxylation is 1. The quantitative estimate of drug-likeness (QED) is 0.0193. The first kappa shape index (κ1) is 53.3. The zero-order valence-electron chi connectivity index (χ0n) is 37.9. The van der Waals surface area contributed by atoms with Gasteiger partial charge in [0.1, 0.15) is 18.8 Å². The molecular weight excluding hydrogens is 777 g/mol. The van der Waals surface area contributed by atoms with Crippen LogP contribution in [0.1, 0.15) is 120 Å². The maximum absolute atomic E-state index is 13.3. The van der Waals surface area contributed by atoms with Crippen molar-refractivity contribution in [3.05, 3.63) is 34.8 Å². The molecule has 0 bridgehead atoms. The summed E-state index contributed by atoms with van der Waals surface area (Å²) in [7, 11) is 0. The average molecular weight is 851 g/mol. The Morgan fingerprint density at radius 3 is 2.13 bits per heavy atom. The Morgan fingerprint density at radius 2 is 1.52 bits per heavy atom. The predicted molar refractivity (Wildman–Crippen MR) is 230 cm³/mol. The van der Waals surface area contributed by atoms with E-state index in [1.165, 1.54) is 6.07 Å². The highest BCUT2D eigenvalue weighted by Gasteiger charge is 2.38. The predicted octanol–water partition coefficient (Wildman–Crippen LogP) is 5.41. The van der Waals surface area contributed by atoms with E-state index in [9.17, 15) is 28.8 Å². The molecule has 18 nitrogen and oxygen atoms in total. The van der Waals surface area contributed by atoms with Crippen LogP contribution in [-0.4, -0.2) is 96.9 Å². The molecule has 5 amide bonds. The van der Waals surface area contributed by atoms with Gasteiger partial charge in [0.15, 0.2) is 5.72 Å². The maximum atomic E-state index is 13.3. The van der Waals surface area contributed by atoms with Crippen molar-refractivity contribution in [2.75, 3.05) is 44.7 Å². The topological polar surface area (TPSA) is 254 Å². The van der Waals surface area contributed by atoms with E-state index in [0.717, 1.165) is 18.9 Å². The van der Waals surface area contributed by atoms with Crippen molar-refractivity contribution in [3.63, 3.8) is 0 Å². The lowest BCUT2D eigenvalue weighted by molar-refractivity contribution is -0.159. The van der Waals surface area contributed by atoms with Gasteiger partial charge in [-0.25, -0.2) is 19.2 Å². The smallest absolute Gasteiger partial charge is 0.407 e. The minimum absolute atomic E-state index is 0.0588. The molecule has 1 rings (SSSR count). The Bertz CT molecular complexity index is 1620. The van der Waals surface area contributed by atoms with Crippen LogP contribution in [0.15, 0.2) is 23.5 Å². The Hall–Kier alpha value is -4.71. The Balaban J connectivity index is 2.50. The van der Waals surface area contributed by atoms with E-state index in [1.54, 1.807) is 20.8 Å². The molecule has 342 valence electrons. The number of nitrogens with zero attached hydrogens (tertiary/aromatic N) is 1. The first-order valence-electron chi connectivity index (χ1n) is 20.9. The van der Waals surface area contributed by atoms with Gasteiger partial charge in [0.05, 0.1) is 6.10 Å². The van der Waals surface area contributed by atoms with Crippen molar-refractivity contribution in [1.82, 2.24) is 31.2 Å². The number of nitrogens with two attached hydrogens (primary N) is 1. The second kappa shape index (κ2) is 25.2. The fraction of sp³-hybridized carbons (Fsp3) is 0.738. The summed E-state index contributed by atoms with van der Waals surface area (Å²) in [5.41, 5.74) is 3.74. The number of H-pyrrole nitrogens is 1. The highest BCUT2D eigenvalue weighted by molar-refractivity contribution is 5.87. The molecule has 0 aliphatic rings. The van der Waals surface area contributed by atoms with Crippen molar-refractivity contribution in [2.45, 2.75) is 139 Å². The number of hydrogen-bond acceptors (Lipinski definition) is 12. The highest BCUT2D eigenvalue weighted by Crippen LogP contribution is 2.30. The van der Waals surface area contributed by atoms with Crippen LogP contribution < -0.4 is 37.9 Å². The van der Waals surface area contributed by atoms with Crippen LogP contribution in [0.2, 0.25) is 0 Å². The number of alkyl carbamates (subject to hydrolysis) is 2. The van der Waals surface area contributed by atoms with Crippen molar-refractivity contribution in [1.29, 1.82) is 0 Å². The molecule has 5 unspecified atom stereocenters. The van der Waals surface area contributed by atoms with Crippen LogP contribution in [0.5, 0.6) is 0 Å². The van der Waals surface area contributed by atoms with E-state index in [-0.39, 0.29) is 48.2 Å². The lowest BCUT2D eigenvalue weighted by atomic mass is 9.80. The van der Waals surface area contributed by atoms with Gasteiger partial charge in [-0.15, -0.1) is 0 Å². The molecule has 0 saturated heterocycles. The van der Waals surface area contributed by atoms with Crippen molar-refractivity contribution < 1.29 is 42.9 Å². The second-order valence-corrected chi connectivity index (χ2v) is 17.7. The number of ether oxygens (including phenoxy) is 4. The number of rotatable bonds is 27. The number of carbonyl (C=O) groups excluding carboxylic acids is 5. The maximum Gasteiger partial charge on any atom is 0.407 e. The third-order valence-corrected chi connectivity index (χ3v) is 10.1. The Labute approximate surface area is 356 Å². The summed E-state index contributed by atoms with van der Waals surface area (Å²) in [6.45, 7) is 26.0. The summed E-state index contributed by atoms with van der Waals surface area (Å²) >= 11 is 0. The van der Waals surface area contributed by atoms with Gasteiger partial charge in [-0.2, -0.15) is 4.98 Å². The van der Waals surface area contributed by atoms with Gasteiger partial charge in [-0.1, -0.05) is 62.0 Å². The Morgan fingerprint density at radius 1 is 0.867 bits per heavy atom. The molecule has 0 aromatic carbocycles. The van der Waals surface area contributed by atoms with Gasteiger partial charge >= 0.3 is 24.2 Å². The van der Waals surface area contributed by atoms with Crippen LogP contribution in [0, 0.1) is 29.6 Å². The number of aromatic nitrogens is 2. The largest absolute Gasteiger partial charge is 0.459 e. The van der Waals surface area contributed by atoms with E-state index in [2.05, 4.69) is 63.9 Å². The van der Waals surface area contributed by atoms with E-state index in [1.807, 2.05) is 34.6 Å². The molecule has 0 radical (unpaired) electrons. The lowest BCUT2D eigenvalue weighted by Gasteiger charge is -2.35. The minimum Gasteiger partial charge on any atom is -0.459 e. The molecule has 1 aromatic rings. The zero-order chi connectivity index (χ0) is 45.7. The third kappa shape index (κ3) is 22.1. The van der Waals surface area contributed by atoms with Gasteiger partial charge in [-0.3, -0.25) is 20.6 Å². The SMILES string of the molecule is C=CC(=O)OCCOC(=O)NCC(C)(C)CC(C)CCNC(=O)C(N)(CC)OC(C)CC(C)(CC)OC(=O)NCCC(C)(C)CC(C)CNC(=O)Nc1nc(=O)cc(C)[nH]1. The molecule has 0 aliphatic carbocycles. The number of nitrogens with one attached hydrogen (secondary N) is 6. The summed E-state index contributed by atoms with van der Waals surface area (Å²) in [5.74, 6) is -0.617. The summed E-state index contributed by atoms with van der Waals surface area (Å²) in [4.78, 5) is 79.8. The van der Waals surface area contributed by atoms with Crippen LogP contribution >= 0.6 is 0 Å². The molecule has 8 N–H and O–H groups in total. The zero-order valence-corrected chi connectivity index (χ0v) is 37.9. The first-order valence-corrected chi connectivity index (χ1v) is 20.9. The number of amides is 5. The molecule has 5 atom stereocenters. The number of esters is 1. The van der Waals surface area contributed by atoms with Crippen LogP contribution in [0.4, 0.5) is 20.3 Å². The summed E-state index contributed by atoms with van der Waals surface area (Å²) in [5, 5.41) is 13.9. The average Bonchev–Trinajstić information content (AvgIpc) is 3.13. The molecular formula is C42H74N8O10. The monoisotopic (exact) mass is 851 g/mol.